The first-order valence-corrected chi connectivity index (χ1v) is 9.86. The van der Waals surface area contributed by atoms with E-state index < -0.39 is 12.3 Å². The van der Waals surface area contributed by atoms with Crippen molar-refractivity contribution >= 4 is 33.2 Å². The topological polar surface area (TPSA) is 42.4 Å². The lowest BCUT2D eigenvalue weighted by Crippen LogP contribution is -2.23. The molecule has 2 heterocycles. The average molecular weight is 392 g/mol. The molecule has 1 saturated carbocycles. The molecule has 3 nitrogen and oxygen atoms in total. The lowest BCUT2D eigenvalue weighted by Gasteiger charge is -2.21. The van der Waals surface area contributed by atoms with Crippen LogP contribution in [0.3, 0.4) is 0 Å². The van der Waals surface area contributed by atoms with Gasteiger partial charge in [-0.05, 0) is 56.0 Å². The number of aliphatic hydroxyl groups is 1. The summed E-state index contributed by atoms with van der Waals surface area (Å²) >= 11 is 7.82. The molecular formula is C20H19ClFNO2S. The second kappa shape index (κ2) is 7.14. The van der Waals surface area contributed by atoms with Crippen LogP contribution in [0.15, 0.2) is 30.5 Å². The van der Waals surface area contributed by atoms with E-state index in [0.717, 1.165) is 44.6 Å². The molecule has 1 N–H and O–H groups in total. The fraction of sp³-hybridized carbons (Fsp3) is 0.350. The van der Waals surface area contributed by atoms with Crippen molar-refractivity contribution in [2.45, 2.75) is 45.1 Å². The van der Waals surface area contributed by atoms with Gasteiger partial charge in [0.05, 0.1) is 16.8 Å². The fourth-order valence-electron chi connectivity index (χ4n) is 3.53. The molecule has 3 aromatic rings. The molecule has 0 saturated heterocycles. The molecule has 0 amide bonds. The molecule has 1 aromatic carbocycles. The Bertz CT molecular complexity index is 958. The standard InChI is InChI=1S/C20H19ClFNO2S/c1-11-7-12(21)8-15(19(11)25-18-4-2-3-16(18)22)14-5-6-23-17-9-13(10-24)26-20(14)17/h5-9,16,18,24H,2-4,10H2,1H3/t16-,18+/m1/s1. The molecule has 0 bridgehead atoms. The van der Waals surface area contributed by atoms with E-state index in [0.29, 0.717) is 17.2 Å². The normalized spacial score (nSPS) is 20.0. The number of aliphatic hydroxyl groups excluding tert-OH is 1. The number of pyridine rings is 1. The first-order valence-electron chi connectivity index (χ1n) is 8.66. The summed E-state index contributed by atoms with van der Waals surface area (Å²) in [6.45, 7) is 1.91. The number of ether oxygens (including phenoxy) is 1. The van der Waals surface area contributed by atoms with E-state index in [-0.39, 0.29) is 6.61 Å². The summed E-state index contributed by atoms with van der Waals surface area (Å²) in [6.07, 6.45) is 2.51. The quantitative estimate of drug-likeness (QED) is 0.621. The summed E-state index contributed by atoms with van der Waals surface area (Å²) in [7, 11) is 0. The Morgan fingerprint density at radius 1 is 1.31 bits per heavy atom. The van der Waals surface area contributed by atoms with Gasteiger partial charge in [0.15, 0.2) is 0 Å². The zero-order chi connectivity index (χ0) is 18.3. The van der Waals surface area contributed by atoms with Crippen molar-refractivity contribution in [3.8, 4) is 16.9 Å². The van der Waals surface area contributed by atoms with E-state index in [1.165, 1.54) is 11.3 Å². The van der Waals surface area contributed by atoms with E-state index in [9.17, 15) is 9.50 Å². The Balaban J connectivity index is 1.87. The number of aryl methyl sites for hydroxylation is 1. The highest BCUT2D eigenvalue weighted by Crippen LogP contribution is 2.42. The van der Waals surface area contributed by atoms with E-state index in [2.05, 4.69) is 4.98 Å². The minimum absolute atomic E-state index is 0.0238. The Kier molecular flexibility index (Phi) is 4.86. The smallest absolute Gasteiger partial charge is 0.137 e. The third-order valence-corrected chi connectivity index (χ3v) is 6.15. The first kappa shape index (κ1) is 17.7. The van der Waals surface area contributed by atoms with E-state index in [1.54, 1.807) is 6.20 Å². The number of rotatable bonds is 4. The summed E-state index contributed by atoms with van der Waals surface area (Å²) in [5.74, 6) is 0.676. The molecule has 0 unspecified atom stereocenters. The van der Waals surface area contributed by atoms with Crippen molar-refractivity contribution in [1.82, 2.24) is 4.98 Å². The predicted molar refractivity (Wildman–Crippen MR) is 104 cm³/mol. The highest BCUT2D eigenvalue weighted by Gasteiger charge is 2.30. The van der Waals surface area contributed by atoms with Gasteiger partial charge in [-0.25, -0.2) is 4.39 Å². The molecule has 2 atom stereocenters. The molecule has 1 aliphatic carbocycles. The van der Waals surface area contributed by atoms with Crippen molar-refractivity contribution < 1.29 is 14.2 Å². The van der Waals surface area contributed by atoms with Gasteiger partial charge < -0.3 is 9.84 Å². The number of nitrogens with zero attached hydrogens (tertiary/aromatic N) is 1. The molecular weight excluding hydrogens is 373 g/mol. The van der Waals surface area contributed by atoms with Gasteiger partial charge in [-0.15, -0.1) is 11.3 Å². The zero-order valence-corrected chi connectivity index (χ0v) is 15.9. The molecule has 26 heavy (non-hydrogen) atoms. The van der Waals surface area contributed by atoms with E-state index >= 15 is 0 Å². The Hall–Kier alpha value is -1.69. The number of benzene rings is 1. The number of thiophene rings is 1. The maximum absolute atomic E-state index is 14.1. The largest absolute Gasteiger partial charge is 0.486 e. The maximum atomic E-state index is 14.1. The number of halogens is 2. The molecule has 1 aliphatic rings. The van der Waals surface area contributed by atoms with Gasteiger partial charge in [-0.2, -0.15) is 0 Å². The Morgan fingerprint density at radius 3 is 2.88 bits per heavy atom. The second-order valence-corrected chi connectivity index (χ2v) is 8.22. The zero-order valence-electron chi connectivity index (χ0n) is 14.3. The summed E-state index contributed by atoms with van der Waals surface area (Å²) in [5.41, 5.74) is 3.49. The van der Waals surface area contributed by atoms with Crippen molar-refractivity contribution in [3.05, 3.63) is 45.9 Å². The third-order valence-electron chi connectivity index (χ3n) is 4.79. The van der Waals surface area contributed by atoms with E-state index in [1.807, 2.05) is 31.2 Å². The van der Waals surface area contributed by atoms with Crippen LogP contribution in [0.25, 0.3) is 21.3 Å². The van der Waals surface area contributed by atoms with Gasteiger partial charge in [-0.3, -0.25) is 4.98 Å². The fourth-order valence-corrected chi connectivity index (χ4v) is 4.80. The molecule has 2 aromatic heterocycles. The molecule has 4 rings (SSSR count). The van der Waals surface area contributed by atoms with Crippen LogP contribution in [0.2, 0.25) is 5.02 Å². The average Bonchev–Trinajstić information content (AvgIpc) is 3.22. The van der Waals surface area contributed by atoms with Crippen molar-refractivity contribution in [3.63, 3.8) is 0 Å². The highest BCUT2D eigenvalue weighted by atomic mass is 35.5. The number of fused-ring (bicyclic) bond motifs is 1. The van der Waals surface area contributed by atoms with Crippen LogP contribution in [0.1, 0.15) is 29.7 Å². The number of aromatic nitrogens is 1. The van der Waals surface area contributed by atoms with Gasteiger partial charge in [0.25, 0.3) is 0 Å². The van der Waals surface area contributed by atoms with Crippen LogP contribution >= 0.6 is 22.9 Å². The number of alkyl halides is 1. The summed E-state index contributed by atoms with van der Waals surface area (Å²) in [6, 6.07) is 7.50. The van der Waals surface area contributed by atoms with Crippen LogP contribution in [0.5, 0.6) is 5.75 Å². The van der Waals surface area contributed by atoms with Crippen LogP contribution in [-0.2, 0) is 6.61 Å². The van der Waals surface area contributed by atoms with Crippen LogP contribution in [0, 0.1) is 6.92 Å². The number of hydrogen-bond acceptors (Lipinski definition) is 4. The molecule has 1 fully saturated rings. The van der Waals surface area contributed by atoms with E-state index in [4.69, 9.17) is 16.3 Å². The summed E-state index contributed by atoms with van der Waals surface area (Å²) in [5, 5.41) is 10.1. The third kappa shape index (κ3) is 3.20. The molecule has 0 radical (unpaired) electrons. The van der Waals surface area contributed by atoms with Gasteiger partial charge in [0.1, 0.15) is 18.0 Å². The van der Waals surface area contributed by atoms with Gasteiger partial charge in [0, 0.05) is 27.2 Å². The molecule has 0 spiro atoms. The highest BCUT2D eigenvalue weighted by molar-refractivity contribution is 7.19. The summed E-state index contributed by atoms with van der Waals surface area (Å²) < 4.78 is 21.2. The Morgan fingerprint density at radius 2 is 2.15 bits per heavy atom. The maximum Gasteiger partial charge on any atom is 0.137 e. The van der Waals surface area contributed by atoms with Crippen LogP contribution in [-0.4, -0.2) is 22.4 Å². The minimum atomic E-state index is -0.932. The number of hydrogen-bond donors (Lipinski definition) is 1. The van der Waals surface area contributed by atoms with Gasteiger partial charge in [-0.1, -0.05) is 11.6 Å². The monoisotopic (exact) mass is 391 g/mol. The summed E-state index contributed by atoms with van der Waals surface area (Å²) in [4.78, 5) is 5.24. The SMILES string of the molecule is Cc1cc(Cl)cc(-c2ccnc3cc(CO)sc23)c1O[C@H]1CCC[C@H]1F. The molecule has 6 heteroatoms. The van der Waals surface area contributed by atoms with Crippen molar-refractivity contribution in [1.29, 1.82) is 0 Å². The van der Waals surface area contributed by atoms with Crippen molar-refractivity contribution in [2.75, 3.05) is 0 Å². The minimum Gasteiger partial charge on any atom is -0.486 e. The van der Waals surface area contributed by atoms with Crippen LogP contribution in [0.4, 0.5) is 4.39 Å². The molecule has 0 aliphatic heterocycles. The first-order chi connectivity index (χ1) is 12.6. The van der Waals surface area contributed by atoms with Gasteiger partial charge >= 0.3 is 0 Å². The lowest BCUT2D eigenvalue weighted by molar-refractivity contribution is 0.125. The second-order valence-electron chi connectivity index (χ2n) is 6.65. The Labute approximate surface area is 160 Å². The lowest BCUT2D eigenvalue weighted by atomic mass is 10.0. The van der Waals surface area contributed by atoms with Crippen molar-refractivity contribution in [2.24, 2.45) is 0 Å². The predicted octanol–water partition coefficient (Wildman–Crippen LogP) is 5.69. The molecule has 136 valence electrons. The van der Waals surface area contributed by atoms with Gasteiger partial charge in [0.2, 0.25) is 0 Å². The van der Waals surface area contributed by atoms with Crippen LogP contribution < -0.4 is 4.74 Å².